The van der Waals surface area contributed by atoms with Gasteiger partial charge in [-0.05, 0) is 105 Å². The fraction of sp³-hybridized carbons (Fsp3) is 0. The first-order valence-corrected chi connectivity index (χ1v) is 20.7. The van der Waals surface area contributed by atoms with Gasteiger partial charge in [-0.25, -0.2) is 0 Å². The predicted octanol–water partition coefficient (Wildman–Crippen LogP) is 16.8. The zero-order chi connectivity index (χ0) is 40.3. The number of rotatable bonds is 7. The zero-order valence-electron chi connectivity index (χ0n) is 33.1. The van der Waals surface area contributed by atoms with Gasteiger partial charge in [0.25, 0.3) is 0 Å². The minimum absolute atomic E-state index is 0.900. The molecule has 3 nitrogen and oxygen atoms in total. The van der Waals surface area contributed by atoms with Gasteiger partial charge in [-0.1, -0.05) is 164 Å². The van der Waals surface area contributed by atoms with E-state index in [1.165, 1.54) is 33.2 Å². The molecule has 2 heterocycles. The van der Waals surface area contributed by atoms with Crippen LogP contribution in [-0.4, -0.2) is 0 Å². The maximum atomic E-state index is 6.85. The summed E-state index contributed by atoms with van der Waals surface area (Å²) in [5.74, 6) is 0. The molecule has 12 aromatic rings. The molecule has 0 aliphatic carbocycles. The fourth-order valence-electron chi connectivity index (χ4n) is 9.08. The lowest BCUT2D eigenvalue weighted by molar-refractivity contribution is 0.669. The second-order valence-electron chi connectivity index (χ2n) is 15.6. The van der Waals surface area contributed by atoms with Gasteiger partial charge in [0.05, 0.1) is 0 Å². The van der Waals surface area contributed by atoms with Crippen molar-refractivity contribution in [1.82, 2.24) is 0 Å². The Morgan fingerprint density at radius 2 is 0.738 bits per heavy atom. The van der Waals surface area contributed by atoms with Crippen LogP contribution in [0.1, 0.15) is 0 Å². The topological polar surface area (TPSA) is 29.5 Å². The van der Waals surface area contributed by atoms with E-state index in [1.807, 2.05) is 12.1 Å². The SMILES string of the molecule is c1ccc(-c2cc3c4cccc(-c5ccc(N(c6ccccc6)c6ccc(-c7ccc(-c8ccc9oc%10ccccc%10c9c8)cc7)cc6)cc5)c4oc3c3ccccc23)cc1. The summed E-state index contributed by atoms with van der Waals surface area (Å²) in [6.45, 7) is 0. The largest absolute Gasteiger partial charge is 0.456 e. The fourth-order valence-corrected chi connectivity index (χ4v) is 9.08. The summed E-state index contributed by atoms with van der Waals surface area (Å²) in [5.41, 5.74) is 16.2. The second-order valence-corrected chi connectivity index (χ2v) is 15.6. The van der Waals surface area contributed by atoms with Crippen LogP contribution in [0, 0.1) is 0 Å². The number of hydrogen-bond donors (Lipinski definition) is 0. The number of anilines is 3. The van der Waals surface area contributed by atoms with Gasteiger partial charge < -0.3 is 13.7 Å². The highest BCUT2D eigenvalue weighted by Crippen LogP contribution is 2.43. The third kappa shape index (κ3) is 5.98. The predicted molar refractivity (Wildman–Crippen MR) is 255 cm³/mol. The van der Waals surface area contributed by atoms with Crippen molar-refractivity contribution in [2.24, 2.45) is 0 Å². The number of para-hydroxylation sites is 3. The minimum Gasteiger partial charge on any atom is -0.456 e. The lowest BCUT2D eigenvalue weighted by Gasteiger charge is -2.26. The van der Waals surface area contributed by atoms with Crippen LogP contribution >= 0.6 is 0 Å². The van der Waals surface area contributed by atoms with E-state index in [2.05, 4.69) is 217 Å². The standard InChI is InChI=1S/C58H37NO2/c1-3-12-41(13-4-1)52-37-54-51-20-11-19-47(57(51)61-58(54)50-18-8-7-16-48(50)52)42-28-33-46(34-29-42)59(44-14-5-2-6-15-44)45-31-26-39(27-32-45)38-22-24-40(25-23-38)43-30-35-56-53(36-43)49-17-9-10-21-55(49)60-56/h1-37H. The molecule has 0 spiro atoms. The van der Waals surface area contributed by atoms with Crippen molar-refractivity contribution in [2.75, 3.05) is 4.90 Å². The summed E-state index contributed by atoms with van der Waals surface area (Å²) >= 11 is 0. The molecule has 0 unspecified atom stereocenters. The molecule has 2 aromatic heterocycles. The molecule has 0 atom stereocenters. The Hall–Kier alpha value is -8.14. The first kappa shape index (κ1) is 34.9. The van der Waals surface area contributed by atoms with Crippen LogP contribution in [0.4, 0.5) is 17.1 Å². The van der Waals surface area contributed by atoms with Gasteiger partial charge in [0, 0.05) is 49.6 Å². The van der Waals surface area contributed by atoms with Crippen molar-refractivity contribution in [3.8, 4) is 44.5 Å². The number of nitrogens with zero attached hydrogens (tertiary/aromatic N) is 1. The van der Waals surface area contributed by atoms with Crippen molar-refractivity contribution in [2.45, 2.75) is 0 Å². The van der Waals surface area contributed by atoms with E-state index in [1.54, 1.807) is 0 Å². The number of fused-ring (bicyclic) bond motifs is 8. The molecule has 12 rings (SSSR count). The van der Waals surface area contributed by atoms with Crippen LogP contribution in [0.15, 0.2) is 233 Å². The van der Waals surface area contributed by atoms with Crippen molar-refractivity contribution >= 4 is 71.7 Å². The van der Waals surface area contributed by atoms with Gasteiger partial charge in [0.15, 0.2) is 0 Å². The normalized spacial score (nSPS) is 11.6. The van der Waals surface area contributed by atoms with Crippen LogP contribution in [0.5, 0.6) is 0 Å². The van der Waals surface area contributed by atoms with E-state index in [0.717, 1.165) is 83.0 Å². The molecular weight excluding hydrogens is 743 g/mol. The number of benzene rings is 10. The molecule has 0 aliphatic rings. The Morgan fingerprint density at radius 3 is 1.46 bits per heavy atom. The third-order valence-corrected chi connectivity index (χ3v) is 12.1. The van der Waals surface area contributed by atoms with Crippen molar-refractivity contribution in [3.05, 3.63) is 224 Å². The maximum Gasteiger partial charge on any atom is 0.143 e. The molecule has 0 saturated carbocycles. The number of hydrogen-bond acceptors (Lipinski definition) is 3. The maximum absolute atomic E-state index is 6.85. The van der Waals surface area contributed by atoms with Crippen molar-refractivity contribution < 1.29 is 8.83 Å². The van der Waals surface area contributed by atoms with Crippen LogP contribution < -0.4 is 4.90 Å². The smallest absolute Gasteiger partial charge is 0.143 e. The Balaban J connectivity index is 0.868. The van der Waals surface area contributed by atoms with Crippen molar-refractivity contribution in [3.63, 3.8) is 0 Å². The van der Waals surface area contributed by atoms with Crippen LogP contribution in [0.25, 0.3) is 99.2 Å². The van der Waals surface area contributed by atoms with E-state index < -0.39 is 0 Å². The van der Waals surface area contributed by atoms with E-state index in [0.29, 0.717) is 0 Å². The van der Waals surface area contributed by atoms with E-state index in [9.17, 15) is 0 Å². The Bertz CT molecular complexity index is 3550. The van der Waals surface area contributed by atoms with Gasteiger partial charge in [-0.15, -0.1) is 0 Å². The lowest BCUT2D eigenvalue weighted by Crippen LogP contribution is -2.09. The summed E-state index contributed by atoms with van der Waals surface area (Å²) in [6, 6.07) is 79.8. The molecule has 10 aromatic carbocycles. The average molecular weight is 780 g/mol. The molecule has 61 heavy (non-hydrogen) atoms. The van der Waals surface area contributed by atoms with E-state index >= 15 is 0 Å². The molecule has 0 fully saturated rings. The van der Waals surface area contributed by atoms with Gasteiger partial charge in [0.2, 0.25) is 0 Å². The molecule has 0 aliphatic heterocycles. The summed E-state index contributed by atoms with van der Waals surface area (Å²) in [5, 5.41) is 6.83. The van der Waals surface area contributed by atoms with Gasteiger partial charge in [-0.2, -0.15) is 0 Å². The van der Waals surface area contributed by atoms with Crippen LogP contribution in [-0.2, 0) is 0 Å². The summed E-state index contributed by atoms with van der Waals surface area (Å²) in [7, 11) is 0. The Labute approximate surface area is 353 Å². The first-order chi connectivity index (χ1) is 30.2. The van der Waals surface area contributed by atoms with Gasteiger partial charge in [0.1, 0.15) is 22.3 Å². The summed E-state index contributed by atoms with van der Waals surface area (Å²) < 4.78 is 12.9. The molecule has 0 bridgehead atoms. The molecule has 3 heteroatoms. The zero-order valence-corrected chi connectivity index (χ0v) is 33.1. The Kier molecular flexibility index (Phi) is 8.17. The Morgan fingerprint density at radius 1 is 0.246 bits per heavy atom. The molecule has 286 valence electrons. The van der Waals surface area contributed by atoms with Crippen molar-refractivity contribution in [1.29, 1.82) is 0 Å². The minimum atomic E-state index is 0.900. The lowest BCUT2D eigenvalue weighted by atomic mass is 9.95. The molecule has 0 amide bonds. The third-order valence-electron chi connectivity index (χ3n) is 12.1. The highest BCUT2D eigenvalue weighted by molar-refractivity contribution is 6.20. The number of furan rings is 2. The second kappa shape index (κ2) is 14.3. The summed E-state index contributed by atoms with van der Waals surface area (Å²) in [6.07, 6.45) is 0. The monoisotopic (exact) mass is 779 g/mol. The van der Waals surface area contributed by atoms with E-state index in [-0.39, 0.29) is 0 Å². The molecule has 0 saturated heterocycles. The summed E-state index contributed by atoms with van der Waals surface area (Å²) in [4.78, 5) is 2.31. The van der Waals surface area contributed by atoms with Gasteiger partial charge >= 0.3 is 0 Å². The molecular formula is C58H37NO2. The van der Waals surface area contributed by atoms with Crippen LogP contribution in [0.2, 0.25) is 0 Å². The molecule has 0 radical (unpaired) electrons. The highest BCUT2D eigenvalue weighted by Gasteiger charge is 2.19. The van der Waals surface area contributed by atoms with E-state index in [4.69, 9.17) is 8.83 Å². The average Bonchev–Trinajstić information content (AvgIpc) is 3.91. The quantitative estimate of drug-likeness (QED) is 0.161. The van der Waals surface area contributed by atoms with Gasteiger partial charge in [-0.3, -0.25) is 0 Å². The first-order valence-electron chi connectivity index (χ1n) is 20.7. The molecule has 0 N–H and O–H groups in total. The highest BCUT2D eigenvalue weighted by atomic mass is 16.3. The van der Waals surface area contributed by atoms with Crippen LogP contribution in [0.3, 0.4) is 0 Å².